The number of hydrogen-bond acceptors (Lipinski definition) is 2. The summed E-state index contributed by atoms with van der Waals surface area (Å²) in [4.78, 5) is 25.5. The highest BCUT2D eigenvalue weighted by molar-refractivity contribution is 5.89. The fourth-order valence-corrected chi connectivity index (χ4v) is 2.56. The number of hydrogen-bond donors (Lipinski definition) is 2. The molecule has 120 valence electrons. The number of rotatable bonds is 5. The van der Waals surface area contributed by atoms with Gasteiger partial charge in [0.05, 0.1) is 0 Å². The molecule has 5 heteroatoms. The van der Waals surface area contributed by atoms with Gasteiger partial charge in [-0.3, -0.25) is 4.79 Å². The average molecular weight is 303 g/mol. The topological polar surface area (TPSA) is 61.4 Å². The molecule has 22 heavy (non-hydrogen) atoms. The van der Waals surface area contributed by atoms with Gasteiger partial charge in [0.2, 0.25) is 5.91 Å². The van der Waals surface area contributed by atoms with Gasteiger partial charge in [-0.15, -0.1) is 0 Å². The second-order valence-corrected chi connectivity index (χ2v) is 6.04. The van der Waals surface area contributed by atoms with Gasteiger partial charge in [0.15, 0.2) is 0 Å². The summed E-state index contributed by atoms with van der Waals surface area (Å²) in [5, 5.41) is 5.56. The first kappa shape index (κ1) is 16.3. The normalized spacial score (nSPS) is 14.2. The summed E-state index contributed by atoms with van der Waals surface area (Å²) in [7, 11) is 0. The lowest BCUT2D eigenvalue weighted by Crippen LogP contribution is -2.34. The molecule has 5 nitrogen and oxygen atoms in total. The summed E-state index contributed by atoms with van der Waals surface area (Å²) in [6.07, 6.45) is 3.56. The molecule has 0 bridgehead atoms. The van der Waals surface area contributed by atoms with Gasteiger partial charge < -0.3 is 15.5 Å². The Morgan fingerprint density at radius 1 is 1.14 bits per heavy atom. The Kier molecular flexibility index (Phi) is 5.81. The van der Waals surface area contributed by atoms with Crippen LogP contribution in [0.1, 0.15) is 38.7 Å². The Bertz CT molecular complexity index is 505. The lowest BCUT2D eigenvalue weighted by molar-refractivity contribution is -0.130. The lowest BCUT2D eigenvalue weighted by atomic mass is 10.1. The van der Waals surface area contributed by atoms with Crippen LogP contribution in [-0.2, 0) is 11.2 Å². The van der Waals surface area contributed by atoms with E-state index in [0.29, 0.717) is 6.42 Å². The van der Waals surface area contributed by atoms with E-state index < -0.39 is 0 Å². The first-order valence-electron chi connectivity index (χ1n) is 7.99. The van der Waals surface area contributed by atoms with Crippen molar-refractivity contribution in [2.75, 3.05) is 18.4 Å². The number of nitrogens with zero attached hydrogens (tertiary/aromatic N) is 1. The molecular weight excluding hydrogens is 278 g/mol. The summed E-state index contributed by atoms with van der Waals surface area (Å²) < 4.78 is 0. The van der Waals surface area contributed by atoms with E-state index in [1.165, 1.54) is 0 Å². The van der Waals surface area contributed by atoms with Gasteiger partial charge in [-0.2, -0.15) is 0 Å². The molecule has 1 saturated heterocycles. The Morgan fingerprint density at radius 3 is 2.36 bits per heavy atom. The zero-order chi connectivity index (χ0) is 15.9. The molecule has 1 aromatic carbocycles. The molecule has 1 fully saturated rings. The van der Waals surface area contributed by atoms with E-state index >= 15 is 0 Å². The molecule has 0 aromatic heterocycles. The van der Waals surface area contributed by atoms with Crippen molar-refractivity contribution in [3.63, 3.8) is 0 Å². The van der Waals surface area contributed by atoms with Crippen molar-refractivity contribution >= 4 is 17.6 Å². The first-order chi connectivity index (χ1) is 10.5. The zero-order valence-electron chi connectivity index (χ0n) is 13.4. The van der Waals surface area contributed by atoms with Gasteiger partial charge >= 0.3 is 6.03 Å². The molecule has 1 aliphatic rings. The number of benzene rings is 1. The zero-order valence-corrected chi connectivity index (χ0v) is 13.4. The maximum absolute atomic E-state index is 12.0. The quantitative estimate of drug-likeness (QED) is 0.878. The van der Waals surface area contributed by atoms with Crippen molar-refractivity contribution in [3.8, 4) is 0 Å². The Morgan fingerprint density at radius 2 is 1.77 bits per heavy atom. The van der Waals surface area contributed by atoms with Crippen LogP contribution in [0.3, 0.4) is 0 Å². The van der Waals surface area contributed by atoms with Crippen LogP contribution in [0.25, 0.3) is 0 Å². The highest BCUT2D eigenvalue weighted by Gasteiger charge is 2.17. The molecule has 1 heterocycles. The van der Waals surface area contributed by atoms with Crippen molar-refractivity contribution in [3.05, 3.63) is 29.8 Å². The molecule has 0 radical (unpaired) electrons. The van der Waals surface area contributed by atoms with E-state index in [9.17, 15) is 9.59 Å². The smallest absolute Gasteiger partial charge is 0.319 e. The maximum atomic E-state index is 12.0. The van der Waals surface area contributed by atoms with Crippen LogP contribution in [0, 0.1) is 0 Å². The Hall–Kier alpha value is -2.04. The van der Waals surface area contributed by atoms with Crippen molar-refractivity contribution in [1.82, 2.24) is 10.2 Å². The molecule has 1 aliphatic heterocycles. The molecule has 3 amide bonds. The highest BCUT2D eigenvalue weighted by Crippen LogP contribution is 2.14. The second-order valence-electron chi connectivity index (χ2n) is 6.04. The van der Waals surface area contributed by atoms with Crippen LogP contribution < -0.4 is 10.6 Å². The predicted molar refractivity (Wildman–Crippen MR) is 87.9 cm³/mol. The number of anilines is 1. The van der Waals surface area contributed by atoms with E-state index in [4.69, 9.17) is 0 Å². The van der Waals surface area contributed by atoms with Crippen molar-refractivity contribution in [1.29, 1.82) is 0 Å². The largest absolute Gasteiger partial charge is 0.343 e. The average Bonchev–Trinajstić information content (AvgIpc) is 2.99. The molecule has 1 aromatic rings. The van der Waals surface area contributed by atoms with E-state index in [2.05, 4.69) is 10.6 Å². The van der Waals surface area contributed by atoms with Gasteiger partial charge in [0.25, 0.3) is 0 Å². The molecule has 0 saturated carbocycles. The number of urea groups is 1. The molecule has 0 unspecified atom stereocenters. The van der Waals surface area contributed by atoms with Gasteiger partial charge in [-0.05, 0) is 50.8 Å². The number of nitrogens with one attached hydrogen (secondary N) is 2. The fourth-order valence-electron chi connectivity index (χ4n) is 2.56. The van der Waals surface area contributed by atoms with Gasteiger partial charge in [-0.25, -0.2) is 4.79 Å². The minimum atomic E-state index is -0.202. The Balaban J connectivity index is 1.78. The second kappa shape index (κ2) is 7.82. The van der Waals surface area contributed by atoms with Crippen molar-refractivity contribution in [2.24, 2.45) is 0 Å². The molecule has 0 aliphatic carbocycles. The van der Waals surface area contributed by atoms with Gasteiger partial charge in [0, 0.05) is 31.2 Å². The predicted octanol–water partition coefficient (Wildman–Crippen LogP) is 2.77. The Labute approximate surface area is 132 Å². The van der Waals surface area contributed by atoms with E-state index in [1.807, 2.05) is 43.0 Å². The van der Waals surface area contributed by atoms with Gasteiger partial charge in [0.1, 0.15) is 0 Å². The van der Waals surface area contributed by atoms with Crippen molar-refractivity contribution in [2.45, 2.75) is 45.6 Å². The lowest BCUT2D eigenvalue weighted by Gasteiger charge is -2.15. The van der Waals surface area contributed by atoms with Crippen molar-refractivity contribution < 1.29 is 9.59 Å². The number of aryl methyl sites for hydroxylation is 1. The number of likely N-dealkylation sites (tertiary alicyclic amines) is 1. The number of carbonyl (C=O) groups is 2. The van der Waals surface area contributed by atoms with E-state index in [0.717, 1.165) is 43.6 Å². The third-order valence-corrected chi connectivity index (χ3v) is 3.72. The number of amides is 3. The van der Waals surface area contributed by atoms with Gasteiger partial charge in [-0.1, -0.05) is 12.1 Å². The molecular formula is C17H25N3O2. The summed E-state index contributed by atoms with van der Waals surface area (Å²) in [5.41, 5.74) is 1.87. The van der Waals surface area contributed by atoms with Crippen LogP contribution in [-0.4, -0.2) is 36.0 Å². The molecule has 0 atom stereocenters. The van der Waals surface area contributed by atoms with Crippen LogP contribution in [0.4, 0.5) is 10.5 Å². The summed E-state index contributed by atoms with van der Waals surface area (Å²) >= 11 is 0. The third-order valence-electron chi connectivity index (χ3n) is 3.72. The molecule has 2 rings (SSSR count). The molecule has 2 N–H and O–H groups in total. The fraction of sp³-hybridized carbons (Fsp3) is 0.529. The molecule has 0 spiro atoms. The van der Waals surface area contributed by atoms with E-state index in [1.54, 1.807) is 0 Å². The van der Waals surface area contributed by atoms with E-state index in [-0.39, 0.29) is 18.0 Å². The minimum absolute atomic E-state index is 0.107. The number of carbonyl (C=O) groups excluding carboxylic acids is 2. The SMILES string of the molecule is CC(C)NC(=O)Nc1ccc(CCC(=O)N2CCCC2)cc1. The van der Waals surface area contributed by atoms with Crippen LogP contribution in [0.2, 0.25) is 0 Å². The summed E-state index contributed by atoms with van der Waals surface area (Å²) in [6.45, 7) is 5.65. The summed E-state index contributed by atoms with van der Waals surface area (Å²) in [6, 6.07) is 7.57. The third kappa shape index (κ3) is 5.06. The first-order valence-corrected chi connectivity index (χ1v) is 7.99. The maximum Gasteiger partial charge on any atom is 0.319 e. The van der Waals surface area contributed by atoms with Crippen LogP contribution in [0.15, 0.2) is 24.3 Å². The van der Waals surface area contributed by atoms with Crippen LogP contribution in [0.5, 0.6) is 0 Å². The standard InChI is InChI=1S/C17H25N3O2/c1-13(2)18-17(22)19-15-8-5-14(6-9-15)7-10-16(21)20-11-3-4-12-20/h5-6,8-9,13H,3-4,7,10-12H2,1-2H3,(H2,18,19,22). The monoisotopic (exact) mass is 303 g/mol. The highest BCUT2D eigenvalue weighted by atomic mass is 16.2. The summed E-state index contributed by atoms with van der Waals surface area (Å²) in [5.74, 6) is 0.246. The minimum Gasteiger partial charge on any atom is -0.343 e. The van der Waals surface area contributed by atoms with Crippen LogP contribution >= 0.6 is 0 Å².